The van der Waals surface area contributed by atoms with Crippen molar-refractivity contribution >= 4 is 22.4 Å². The Balaban J connectivity index is 1.73. The van der Waals surface area contributed by atoms with E-state index in [0.717, 1.165) is 23.0 Å². The molecule has 0 bridgehead atoms. The number of carboxylic acid groups (broad SMARTS) is 1. The van der Waals surface area contributed by atoms with Gasteiger partial charge in [0.1, 0.15) is 0 Å². The second-order valence-corrected chi connectivity index (χ2v) is 6.22. The van der Waals surface area contributed by atoms with Gasteiger partial charge in [-0.3, -0.25) is 4.90 Å². The molecule has 2 N–H and O–H groups in total. The van der Waals surface area contributed by atoms with Crippen molar-refractivity contribution in [2.24, 2.45) is 0 Å². The molecule has 2 fully saturated rings. The molecule has 0 saturated carbocycles. The molecule has 0 amide bonds. The van der Waals surface area contributed by atoms with Gasteiger partial charge in [-0.05, 0) is 32.7 Å². The summed E-state index contributed by atoms with van der Waals surface area (Å²) in [6.07, 6.45) is 3.65. The molecule has 2 aliphatic rings. The van der Waals surface area contributed by atoms with Gasteiger partial charge in [0.05, 0.1) is 0 Å². The highest BCUT2D eigenvalue weighted by Crippen LogP contribution is 2.31. The minimum Gasteiger partial charge on any atom is -0.476 e. The number of rotatable bonds is 3. The molecule has 2 saturated heterocycles. The van der Waals surface area contributed by atoms with Gasteiger partial charge in [-0.2, -0.15) is 0 Å². The van der Waals surface area contributed by atoms with Crippen molar-refractivity contribution in [1.29, 1.82) is 0 Å². The van der Waals surface area contributed by atoms with E-state index >= 15 is 0 Å². The van der Waals surface area contributed by atoms with E-state index in [0.29, 0.717) is 12.1 Å². The Labute approximate surface area is 110 Å². The van der Waals surface area contributed by atoms with Crippen molar-refractivity contribution in [2.45, 2.75) is 38.3 Å². The quantitative estimate of drug-likeness (QED) is 0.874. The van der Waals surface area contributed by atoms with Crippen LogP contribution < -0.4 is 5.32 Å². The molecule has 0 aliphatic carbocycles. The molecule has 98 valence electrons. The second kappa shape index (κ2) is 4.51. The summed E-state index contributed by atoms with van der Waals surface area (Å²) in [7, 11) is 0. The van der Waals surface area contributed by atoms with Crippen molar-refractivity contribution in [3.05, 3.63) is 10.6 Å². The Morgan fingerprint density at radius 3 is 3.06 bits per heavy atom. The van der Waals surface area contributed by atoms with Crippen LogP contribution in [0, 0.1) is 6.92 Å². The van der Waals surface area contributed by atoms with Crippen molar-refractivity contribution in [1.82, 2.24) is 9.88 Å². The van der Waals surface area contributed by atoms with Crippen molar-refractivity contribution in [2.75, 3.05) is 18.4 Å². The molecule has 0 aromatic carbocycles. The first kappa shape index (κ1) is 11.9. The van der Waals surface area contributed by atoms with Gasteiger partial charge in [0, 0.05) is 23.5 Å². The number of nitrogens with zero attached hydrogens (tertiary/aromatic N) is 2. The van der Waals surface area contributed by atoms with Crippen LogP contribution in [-0.4, -0.2) is 46.1 Å². The van der Waals surface area contributed by atoms with Crippen LogP contribution in [0.25, 0.3) is 0 Å². The molecule has 3 rings (SSSR count). The van der Waals surface area contributed by atoms with Gasteiger partial charge in [-0.25, -0.2) is 9.78 Å². The molecular formula is C12H17N3O2S. The SMILES string of the molecule is Cc1sc(NC2CCN3CCCC23)nc1C(=O)O. The number of fused-ring (bicyclic) bond motifs is 1. The monoisotopic (exact) mass is 267 g/mol. The maximum atomic E-state index is 11.0. The lowest BCUT2D eigenvalue weighted by Crippen LogP contribution is -2.33. The summed E-state index contributed by atoms with van der Waals surface area (Å²) in [6.45, 7) is 4.17. The van der Waals surface area contributed by atoms with Crippen LogP contribution >= 0.6 is 11.3 Å². The van der Waals surface area contributed by atoms with E-state index in [1.54, 1.807) is 0 Å². The molecule has 0 spiro atoms. The largest absolute Gasteiger partial charge is 0.476 e. The maximum Gasteiger partial charge on any atom is 0.355 e. The van der Waals surface area contributed by atoms with E-state index in [1.165, 1.54) is 30.7 Å². The average Bonchev–Trinajstić information content (AvgIpc) is 2.96. The lowest BCUT2D eigenvalue weighted by atomic mass is 10.1. The third kappa shape index (κ3) is 1.99. The maximum absolute atomic E-state index is 11.0. The average molecular weight is 267 g/mol. The number of aryl methyl sites for hydroxylation is 1. The molecule has 2 unspecified atom stereocenters. The number of aromatic nitrogens is 1. The Bertz CT molecular complexity index is 474. The molecular weight excluding hydrogens is 250 g/mol. The van der Waals surface area contributed by atoms with E-state index in [2.05, 4.69) is 15.2 Å². The van der Waals surface area contributed by atoms with Gasteiger partial charge >= 0.3 is 5.97 Å². The number of aromatic carboxylic acids is 1. The van der Waals surface area contributed by atoms with Gasteiger partial charge in [0.25, 0.3) is 0 Å². The van der Waals surface area contributed by atoms with E-state index < -0.39 is 5.97 Å². The summed E-state index contributed by atoms with van der Waals surface area (Å²) in [5, 5.41) is 13.2. The van der Waals surface area contributed by atoms with Crippen LogP contribution in [0.2, 0.25) is 0 Å². The van der Waals surface area contributed by atoms with Gasteiger partial charge < -0.3 is 10.4 Å². The molecule has 2 atom stereocenters. The lowest BCUT2D eigenvalue weighted by molar-refractivity contribution is 0.0690. The Hall–Kier alpha value is -1.14. The molecule has 1 aromatic heterocycles. The highest BCUT2D eigenvalue weighted by molar-refractivity contribution is 7.15. The first-order valence-corrected chi connectivity index (χ1v) is 7.18. The number of thiazole rings is 1. The Morgan fingerprint density at radius 2 is 2.33 bits per heavy atom. The lowest BCUT2D eigenvalue weighted by Gasteiger charge is -2.20. The molecule has 6 heteroatoms. The molecule has 18 heavy (non-hydrogen) atoms. The minimum atomic E-state index is -0.939. The van der Waals surface area contributed by atoms with Gasteiger partial charge in [0.2, 0.25) is 0 Å². The Morgan fingerprint density at radius 1 is 1.50 bits per heavy atom. The topological polar surface area (TPSA) is 65.5 Å². The molecule has 2 aliphatic heterocycles. The van der Waals surface area contributed by atoms with Crippen LogP contribution in [0.3, 0.4) is 0 Å². The minimum absolute atomic E-state index is 0.184. The van der Waals surface area contributed by atoms with Crippen molar-refractivity contribution in [3.8, 4) is 0 Å². The molecule has 5 nitrogen and oxygen atoms in total. The fourth-order valence-corrected chi connectivity index (χ4v) is 3.93. The zero-order chi connectivity index (χ0) is 12.7. The van der Waals surface area contributed by atoms with Crippen LogP contribution in [-0.2, 0) is 0 Å². The predicted molar refractivity (Wildman–Crippen MR) is 70.4 cm³/mol. The second-order valence-electron chi connectivity index (χ2n) is 5.01. The van der Waals surface area contributed by atoms with Gasteiger partial charge in [-0.15, -0.1) is 11.3 Å². The first-order chi connectivity index (χ1) is 8.65. The Kier molecular flexibility index (Phi) is 2.99. The fraction of sp³-hybridized carbons (Fsp3) is 0.667. The number of carboxylic acids is 1. The molecule has 3 heterocycles. The standard InChI is InChI=1S/C12H17N3O2S/c1-7-10(11(16)17)14-12(18-7)13-8-4-6-15-5-2-3-9(8)15/h8-9H,2-6H2,1H3,(H,13,14)(H,16,17). The third-order valence-corrected chi connectivity index (χ3v) is 4.82. The summed E-state index contributed by atoms with van der Waals surface area (Å²) < 4.78 is 0. The highest BCUT2D eigenvalue weighted by Gasteiger charge is 2.37. The van der Waals surface area contributed by atoms with Gasteiger partial charge in [0.15, 0.2) is 10.8 Å². The number of hydrogen-bond donors (Lipinski definition) is 2. The summed E-state index contributed by atoms with van der Waals surface area (Å²) in [6, 6.07) is 1.04. The van der Waals surface area contributed by atoms with Crippen molar-refractivity contribution in [3.63, 3.8) is 0 Å². The summed E-state index contributed by atoms with van der Waals surface area (Å²) >= 11 is 1.44. The first-order valence-electron chi connectivity index (χ1n) is 6.36. The van der Waals surface area contributed by atoms with E-state index in [4.69, 9.17) is 5.11 Å². The number of hydrogen-bond acceptors (Lipinski definition) is 5. The third-order valence-electron chi connectivity index (χ3n) is 3.91. The highest BCUT2D eigenvalue weighted by atomic mass is 32.1. The van der Waals surface area contributed by atoms with Crippen molar-refractivity contribution < 1.29 is 9.90 Å². The van der Waals surface area contributed by atoms with Gasteiger partial charge in [-0.1, -0.05) is 0 Å². The van der Waals surface area contributed by atoms with E-state index in [9.17, 15) is 4.79 Å². The smallest absolute Gasteiger partial charge is 0.355 e. The summed E-state index contributed by atoms with van der Waals surface area (Å²) in [5.41, 5.74) is 0.184. The van der Waals surface area contributed by atoms with Crippen LogP contribution in [0.5, 0.6) is 0 Å². The normalized spacial score (nSPS) is 27.4. The number of carbonyl (C=O) groups is 1. The van der Waals surface area contributed by atoms with Crippen LogP contribution in [0.1, 0.15) is 34.6 Å². The fourth-order valence-electron chi connectivity index (χ4n) is 3.07. The van der Waals surface area contributed by atoms with Crippen LogP contribution in [0.4, 0.5) is 5.13 Å². The summed E-state index contributed by atoms with van der Waals surface area (Å²) in [4.78, 5) is 18.4. The van der Waals surface area contributed by atoms with Crippen LogP contribution in [0.15, 0.2) is 0 Å². The zero-order valence-electron chi connectivity index (χ0n) is 10.3. The number of anilines is 1. The zero-order valence-corrected chi connectivity index (χ0v) is 11.2. The molecule has 1 aromatic rings. The van der Waals surface area contributed by atoms with E-state index in [1.807, 2.05) is 6.92 Å². The summed E-state index contributed by atoms with van der Waals surface area (Å²) in [5.74, 6) is -0.939. The predicted octanol–water partition coefficient (Wildman–Crippen LogP) is 1.80. The molecule has 0 radical (unpaired) electrons. The van der Waals surface area contributed by atoms with E-state index in [-0.39, 0.29) is 5.69 Å². The number of nitrogens with one attached hydrogen (secondary N) is 1.